The fraction of sp³-hybridized carbons (Fsp3) is 0.500. The predicted octanol–water partition coefficient (Wildman–Crippen LogP) is 0.675. The van der Waals surface area contributed by atoms with Gasteiger partial charge in [0.05, 0.1) is 13.0 Å². The van der Waals surface area contributed by atoms with Gasteiger partial charge in [-0.2, -0.15) is 0 Å². The van der Waals surface area contributed by atoms with Gasteiger partial charge < -0.3 is 9.42 Å². The largest absolute Gasteiger partial charge is 0.361 e. The lowest BCUT2D eigenvalue weighted by Gasteiger charge is -2.24. The van der Waals surface area contributed by atoms with Gasteiger partial charge in [0.15, 0.2) is 0 Å². The van der Waals surface area contributed by atoms with Crippen LogP contribution >= 0.6 is 0 Å². The van der Waals surface area contributed by atoms with Gasteiger partial charge in [0.1, 0.15) is 17.2 Å². The molecule has 15 heavy (non-hydrogen) atoms. The van der Waals surface area contributed by atoms with E-state index in [0.29, 0.717) is 19.5 Å². The van der Waals surface area contributed by atoms with Crippen LogP contribution in [0.25, 0.3) is 0 Å². The highest BCUT2D eigenvalue weighted by molar-refractivity contribution is 6.00. The van der Waals surface area contributed by atoms with E-state index in [2.05, 4.69) is 5.16 Å². The summed E-state index contributed by atoms with van der Waals surface area (Å²) in [4.78, 5) is 24.1. The van der Waals surface area contributed by atoms with Crippen LogP contribution in [0.5, 0.6) is 0 Å². The Morgan fingerprint density at radius 3 is 2.93 bits per heavy atom. The van der Waals surface area contributed by atoms with E-state index in [9.17, 15) is 9.59 Å². The van der Waals surface area contributed by atoms with E-state index in [1.807, 2.05) is 0 Å². The molecule has 80 valence electrons. The normalized spacial score (nSPS) is 17.3. The summed E-state index contributed by atoms with van der Waals surface area (Å²) in [7, 11) is 0. The van der Waals surface area contributed by atoms with Crippen molar-refractivity contribution in [2.45, 2.75) is 26.3 Å². The highest BCUT2D eigenvalue weighted by Crippen LogP contribution is 2.12. The maximum atomic E-state index is 11.5. The molecule has 2 rings (SSSR count). The zero-order valence-electron chi connectivity index (χ0n) is 8.52. The third-order valence-corrected chi connectivity index (χ3v) is 2.39. The number of amides is 1. The van der Waals surface area contributed by atoms with Crippen molar-refractivity contribution in [2.24, 2.45) is 0 Å². The fourth-order valence-corrected chi connectivity index (χ4v) is 1.61. The Labute approximate surface area is 87.0 Å². The Kier molecular flexibility index (Phi) is 2.53. The summed E-state index contributed by atoms with van der Waals surface area (Å²) >= 11 is 0. The highest BCUT2D eigenvalue weighted by Gasteiger charge is 2.24. The first kappa shape index (κ1) is 9.89. The molecule has 0 aliphatic carbocycles. The van der Waals surface area contributed by atoms with Gasteiger partial charge in [-0.25, -0.2) is 0 Å². The van der Waals surface area contributed by atoms with Crippen LogP contribution in [0.3, 0.4) is 0 Å². The number of rotatable bonds is 2. The van der Waals surface area contributed by atoms with Gasteiger partial charge in [0.25, 0.3) is 0 Å². The number of aromatic nitrogens is 1. The van der Waals surface area contributed by atoms with Crippen LogP contribution in [-0.2, 0) is 16.1 Å². The number of hydrogen-bond acceptors (Lipinski definition) is 4. The summed E-state index contributed by atoms with van der Waals surface area (Å²) in [6.07, 6.45) is 0.472. The Morgan fingerprint density at radius 2 is 2.33 bits per heavy atom. The maximum Gasteiger partial charge on any atom is 0.230 e. The van der Waals surface area contributed by atoms with Crippen molar-refractivity contribution in [2.75, 3.05) is 6.54 Å². The molecule has 0 aromatic carbocycles. The minimum atomic E-state index is -0.119. The minimum absolute atomic E-state index is 0.0209. The van der Waals surface area contributed by atoms with E-state index >= 15 is 0 Å². The van der Waals surface area contributed by atoms with Gasteiger partial charge in [-0.15, -0.1) is 0 Å². The zero-order valence-corrected chi connectivity index (χ0v) is 8.52. The SMILES string of the molecule is Cc1cc(CN2CCC(=O)CC2=O)no1. The number of Topliss-reactive ketones (excluding diaryl/α,β-unsaturated/α-hetero) is 1. The van der Waals surface area contributed by atoms with Crippen LogP contribution in [0.1, 0.15) is 24.3 Å². The van der Waals surface area contributed by atoms with Crippen LogP contribution in [0.4, 0.5) is 0 Å². The standard InChI is InChI=1S/C10H12N2O3/c1-7-4-8(11-15-7)6-12-3-2-9(13)5-10(12)14/h4H,2-3,5-6H2,1H3. The molecule has 2 heterocycles. The lowest BCUT2D eigenvalue weighted by molar-refractivity contribution is -0.139. The molecule has 1 amide bonds. The van der Waals surface area contributed by atoms with Gasteiger partial charge in [-0.1, -0.05) is 5.16 Å². The second-order valence-electron chi connectivity index (χ2n) is 3.71. The molecule has 0 radical (unpaired) electrons. The molecule has 0 bridgehead atoms. The Morgan fingerprint density at radius 1 is 1.53 bits per heavy atom. The molecule has 5 nitrogen and oxygen atoms in total. The number of hydrogen-bond donors (Lipinski definition) is 0. The monoisotopic (exact) mass is 208 g/mol. The van der Waals surface area contributed by atoms with Crippen molar-refractivity contribution in [3.8, 4) is 0 Å². The topological polar surface area (TPSA) is 63.4 Å². The number of carbonyl (C=O) groups is 2. The van der Waals surface area contributed by atoms with E-state index < -0.39 is 0 Å². The first-order valence-corrected chi connectivity index (χ1v) is 4.87. The summed E-state index contributed by atoms with van der Waals surface area (Å²) in [6.45, 7) is 2.73. The van der Waals surface area contributed by atoms with E-state index in [-0.39, 0.29) is 18.1 Å². The third kappa shape index (κ3) is 2.23. The molecular weight excluding hydrogens is 196 g/mol. The molecule has 1 aromatic rings. The van der Waals surface area contributed by atoms with Crippen molar-refractivity contribution >= 4 is 11.7 Å². The number of aryl methyl sites for hydroxylation is 1. The average Bonchev–Trinajstić information content (AvgIpc) is 2.56. The average molecular weight is 208 g/mol. The molecule has 0 N–H and O–H groups in total. The molecule has 1 aliphatic heterocycles. The van der Waals surface area contributed by atoms with Crippen molar-refractivity contribution < 1.29 is 14.1 Å². The lowest BCUT2D eigenvalue weighted by Crippen LogP contribution is -2.38. The maximum absolute atomic E-state index is 11.5. The smallest absolute Gasteiger partial charge is 0.230 e. The number of likely N-dealkylation sites (tertiary alicyclic amines) is 1. The van der Waals surface area contributed by atoms with Crippen molar-refractivity contribution in [3.05, 3.63) is 17.5 Å². The highest BCUT2D eigenvalue weighted by atomic mass is 16.5. The van der Waals surface area contributed by atoms with Crippen LogP contribution in [0.2, 0.25) is 0 Å². The summed E-state index contributed by atoms with van der Waals surface area (Å²) in [5.41, 5.74) is 0.732. The fourth-order valence-electron chi connectivity index (χ4n) is 1.61. The molecule has 1 fully saturated rings. The number of piperidine rings is 1. The van der Waals surface area contributed by atoms with Gasteiger partial charge >= 0.3 is 0 Å². The molecule has 0 saturated carbocycles. The second kappa shape index (κ2) is 3.84. The molecule has 0 unspecified atom stereocenters. The first-order chi connectivity index (χ1) is 7.15. The Bertz CT molecular complexity index is 397. The molecule has 5 heteroatoms. The third-order valence-electron chi connectivity index (χ3n) is 2.39. The molecule has 0 atom stereocenters. The van der Waals surface area contributed by atoms with Crippen LogP contribution in [0, 0.1) is 6.92 Å². The molecule has 1 aliphatic rings. The quantitative estimate of drug-likeness (QED) is 0.670. The summed E-state index contributed by atoms with van der Waals surface area (Å²) in [5, 5.41) is 3.81. The Balaban J connectivity index is 2.00. The summed E-state index contributed by atoms with van der Waals surface area (Å²) < 4.78 is 4.91. The van der Waals surface area contributed by atoms with Gasteiger partial charge in [0.2, 0.25) is 5.91 Å². The summed E-state index contributed by atoms with van der Waals surface area (Å²) in [5.74, 6) is 0.630. The van der Waals surface area contributed by atoms with Crippen LogP contribution in [-0.4, -0.2) is 28.3 Å². The van der Waals surface area contributed by atoms with Gasteiger partial charge in [0, 0.05) is 19.0 Å². The number of carbonyl (C=O) groups excluding carboxylic acids is 2. The van der Waals surface area contributed by atoms with E-state index in [0.717, 1.165) is 11.5 Å². The van der Waals surface area contributed by atoms with Crippen molar-refractivity contribution in [3.63, 3.8) is 0 Å². The van der Waals surface area contributed by atoms with E-state index in [1.165, 1.54) is 0 Å². The number of nitrogens with zero attached hydrogens (tertiary/aromatic N) is 2. The predicted molar refractivity (Wildman–Crippen MR) is 50.9 cm³/mol. The van der Waals surface area contributed by atoms with Gasteiger partial charge in [-0.3, -0.25) is 9.59 Å². The van der Waals surface area contributed by atoms with Crippen molar-refractivity contribution in [1.29, 1.82) is 0 Å². The minimum Gasteiger partial charge on any atom is -0.361 e. The van der Waals surface area contributed by atoms with E-state index in [4.69, 9.17) is 4.52 Å². The second-order valence-corrected chi connectivity index (χ2v) is 3.71. The summed E-state index contributed by atoms with van der Waals surface area (Å²) in [6, 6.07) is 1.80. The molecule has 1 aromatic heterocycles. The van der Waals surface area contributed by atoms with Crippen molar-refractivity contribution in [1.82, 2.24) is 10.1 Å². The van der Waals surface area contributed by atoms with E-state index in [1.54, 1.807) is 17.9 Å². The molecule has 0 spiro atoms. The first-order valence-electron chi connectivity index (χ1n) is 4.87. The number of ketones is 1. The van der Waals surface area contributed by atoms with Gasteiger partial charge in [-0.05, 0) is 6.92 Å². The van der Waals surface area contributed by atoms with Crippen LogP contribution in [0.15, 0.2) is 10.6 Å². The zero-order chi connectivity index (χ0) is 10.8. The Hall–Kier alpha value is -1.65. The molecular formula is C10H12N2O3. The lowest BCUT2D eigenvalue weighted by atomic mass is 10.1. The molecule has 1 saturated heterocycles. The van der Waals surface area contributed by atoms with Crippen LogP contribution < -0.4 is 0 Å².